The number of halogens is 2. The van der Waals surface area contributed by atoms with Crippen molar-refractivity contribution in [2.75, 3.05) is 13.1 Å². The molecule has 0 bridgehead atoms. The maximum absolute atomic E-state index is 11.7. The summed E-state index contributed by atoms with van der Waals surface area (Å²) in [5.41, 5.74) is 0.579. The molecular weight excluding hydrogens is 320 g/mol. The molecule has 0 heterocycles. The van der Waals surface area contributed by atoms with Crippen LogP contribution in [0.25, 0.3) is 0 Å². The summed E-state index contributed by atoms with van der Waals surface area (Å²) in [7, 11) is 0. The lowest BCUT2D eigenvalue weighted by atomic mass is 10.2. The minimum Gasteiger partial charge on any atom is -0.353 e. The van der Waals surface area contributed by atoms with E-state index in [1.54, 1.807) is 31.2 Å². The number of nitrogens with one attached hydrogen (secondary N) is 2. The molecule has 0 aliphatic heterocycles. The monoisotopic (exact) mass is 332 g/mol. The summed E-state index contributed by atoms with van der Waals surface area (Å²) in [6, 6.07) is 7.04. The molecule has 0 aliphatic carbocycles. The largest absolute Gasteiger partial charge is 0.353 e. The van der Waals surface area contributed by atoms with Gasteiger partial charge in [-0.05, 0) is 31.2 Å². The van der Waals surface area contributed by atoms with E-state index in [1.165, 1.54) is 0 Å². The minimum absolute atomic E-state index is 0.171. The summed E-state index contributed by atoms with van der Waals surface area (Å²) in [6.45, 7) is 2.32. The predicted molar refractivity (Wildman–Crippen MR) is 74.8 cm³/mol. The van der Waals surface area contributed by atoms with Crippen LogP contribution in [0.5, 0.6) is 0 Å². The molecule has 2 N–H and O–H groups in total. The van der Waals surface area contributed by atoms with E-state index in [2.05, 4.69) is 26.6 Å². The van der Waals surface area contributed by atoms with Gasteiger partial charge in [-0.15, -0.1) is 11.6 Å². The Kier molecular flexibility index (Phi) is 6.15. The lowest BCUT2D eigenvalue weighted by Gasteiger charge is -2.08. The number of rotatable bonds is 5. The molecule has 1 unspecified atom stereocenters. The van der Waals surface area contributed by atoms with Crippen molar-refractivity contribution in [3.05, 3.63) is 34.3 Å². The highest BCUT2D eigenvalue weighted by Gasteiger charge is 2.08. The molecule has 0 saturated carbocycles. The van der Waals surface area contributed by atoms with Crippen molar-refractivity contribution in [3.8, 4) is 0 Å². The number of amides is 2. The molecule has 0 radical (unpaired) electrons. The Morgan fingerprint density at radius 3 is 2.33 bits per heavy atom. The number of hydrogen-bond donors (Lipinski definition) is 2. The van der Waals surface area contributed by atoms with Crippen molar-refractivity contribution >= 4 is 39.3 Å². The zero-order chi connectivity index (χ0) is 13.5. The van der Waals surface area contributed by atoms with E-state index >= 15 is 0 Å². The van der Waals surface area contributed by atoms with Crippen LogP contribution in [-0.2, 0) is 4.79 Å². The molecule has 0 spiro atoms. The lowest BCUT2D eigenvalue weighted by molar-refractivity contribution is -0.120. The smallest absolute Gasteiger partial charge is 0.251 e. The van der Waals surface area contributed by atoms with Crippen LogP contribution < -0.4 is 10.6 Å². The molecule has 0 aliphatic rings. The molecule has 0 fully saturated rings. The Labute approximate surface area is 119 Å². The van der Waals surface area contributed by atoms with Crippen LogP contribution in [0.1, 0.15) is 17.3 Å². The Balaban J connectivity index is 2.29. The molecule has 18 heavy (non-hydrogen) atoms. The first-order valence-electron chi connectivity index (χ1n) is 5.46. The molecule has 6 heteroatoms. The van der Waals surface area contributed by atoms with Crippen LogP contribution in [-0.4, -0.2) is 30.3 Å². The van der Waals surface area contributed by atoms with E-state index < -0.39 is 5.38 Å². The summed E-state index contributed by atoms with van der Waals surface area (Å²) >= 11 is 8.87. The first-order chi connectivity index (χ1) is 8.50. The Bertz CT molecular complexity index is 421. The van der Waals surface area contributed by atoms with Gasteiger partial charge in [-0.2, -0.15) is 0 Å². The van der Waals surface area contributed by atoms with Gasteiger partial charge in [0.15, 0.2) is 0 Å². The van der Waals surface area contributed by atoms with Crippen LogP contribution in [0.4, 0.5) is 0 Å². The normalized spacial score (nSPS) is 11.7. The highest BCUT2D eigenvalue weighted by Crippen LogP contribution is 2.10. The number of hydrogen-bond acceptors (Lipinski definition) is 2. The third-order valence-electron chi connectivity index (χ3n) is 2.18. The molecule has 1 aromatic rings. The summed E-state index contributed by atoms with van der Waals surface area (Å²) in [5, 5.41) is 4.74. The second-order valence-corrected chi connectivity index (χ2v) is 5.24. The second-order valence-electron chi connectivity index (χ2n) is 3.67. The van der Waals surface area contributed by atoms with Crippen LogP contribution in [0.2, 0.25) is 0 Å². The first-order valence-corrected chi connectivity index (χ1v) is 6.69. The summed E-state index contributed by atoms with van der Waals surface area (Å²) in [6.07, 6.45) is 0. The second kappa shape index (κ2) is 7.38. The van der Waals surface area contributed by atoms with E-state index in [-0.39, 0.29) is 11.8 Å². The van der Waals surface area contributed by atoms with E-state index in [4.69, 9.17) is 11.6 Å². The maximum atomic E-state index is 11.7. The topological polar surface area (TPSA) is 58.2 Å². The van der Waals surface area contributed by atoms with E-state index in [1.807, 2.05) is 0 Å². The van der Waals surface area contributed by atoms with E-state index in [0.717, 1.165) is 4.47 Å². The molecule has 2 amide bonds. The molecule has 0 saturated heterocycles. The number of alkyl halides is 1. The van der Waals surface area contributed by atoms with E-state index in [0.29, 0.717) is 18.7 Å². The maximum Gasteiger partial charge on any atom is 0.251 e. The van der Waals surface area contributed by atoms with Crippen molar-refractivity contribution < 1.29 is 9.59 Å². The van der Waals surface area contributed by atoms with Crippen LogP contribution in [0.15, 0.2) is 28.7 Å². The minimum atomic E-state index is -0.563. The van der Waals surface area contributed by atoms with Gasteiger partial charge in [0.25, 0.3) is 5.91 Å². The third kappa shape index (κ3) is 5.06. The fraction of sp³-hybridized carbons (Fsp3) is 0.333. The van der Waals surface area contributed by atoms with Gasteiger partial charge < -0.3 is 10.6 Å². The Hall–Kier alpha value is -1.07. The third-order valence-corrected chi connectivity index (χ3v) is 2.90. The SMILES string of the molecule is CC(Cl)C(=O)NCCNC(=O)c1ccc(Br)cc1. The molecular formula is C12H14BrClN2O2. The average molecular weight is 334 g/mol. The average Bonchev–Trinajstić information content (AvgIpc) is 2.34. The van der Waals surface area contributed by atoms with Gasteiger partial charge in [-0.3, -0.25) is 9.59 Å². The summed E-state index contributed by atoms with van der Waals surface area (Å²) in [4.78, 5) is 22.8. The Morgan fingerprint density at radius 2 is 1.78 bits per heavy atom. The van der Waals surface area contributed by atoms with Crippen molar-refractivity contribution in [2.24, 2.45) is 0 Å². The van der Waals surface area contributed by atoms with Gasteiger partial charge in [0, 0.05) is 23.1 Å². The zero-order valence-corrected chi connectivity index (χ0v) is 12.2. The highest BCUT2D eigenvalue weighted by atomic mass is 79.9. The van der Waals surface area contributed by atoms with E-state index in [9.17, 15) is 9.59 Å². The predicted octanol–water partition coefficient (Wildman–Crippen LogP) is 1.92. The number of carbonyl (C=O) groups excluding carboxylic acids is 2. The molecule has 1 atom stereocenters. The number of benzene rings is 1. The van der Waals surface area contributed by atoms with Crippen molar-refractivity contribution in [3.63, 3.8) is 0 Å². The number of carbonyl (C=O) groups is 2. The van der Waals surface area contributed by atoms with Crippen LogP contribution in [0, 0.1) is 0 Å². The first kappa shape index (κ1) is 15.0. The van der Waals surface area contributed by atoms with Crippen molar-refractivity contribution in [1.29, 1.82) is 0 Å². The summed E-state index contributed by atoms with van der Waals surface area (Å²) < 4.78 is 0.919. The van der Waals surface area contributed by atoms with Gasteiger partial charge in [-0.25, -0.2) is 0 Å². The molecule has 4 nitrogen and oxygen atoms in total. The molecule has 1 rings (SSSR count). The van der Waals surface area contributed by atoms with Crippen LogP contribution in [0.3, 0.4) is 0 Å². The fourth-order valence-electron chi connectivity index (χ4n) is 1.21. The zero-order valence-electron chi connectivity index (χ0n) is 9.87. The summed E-state index contributed by atoms with van der Waals surface area (Å²) in [5.74, 6) is -0.412. The fourth-order valence-corrected chi connectivity index (χ4v) is 1.55. The van der Waals surface area contributed by atoms with Gasteiger partial charge >= 0.3 is 0 Å². The van der Waals surface area contributed by atoms with Crippen molar-refractivity contribution in [1.82, 2.24) is 10.6 Å². The lowest BCUT2D eigenvalue weighted by Crippen LogP contribution is -2.37. The van der Waals surface area contributed by atoms with Crippen molar-refractivity contribution in [2.45, 2.75) is 12.3 Å². The molecule has 98 valence electrons. The van der Waals surface area contributed by atoms with Gasteiger partial charge in [0.2, 0.25) is 5.91 Å². The van der Waals surface area contributed by atoms with Crippen LogP contribution >= 0.6 is 27.5 Å². The quantitative estimate of drug-likeness (QED) is 0.639. The van der Waals surface area contributed by atoms with Gasteiger partial charge in [-0.1, -0.05) is 15.9 Å². The van der Waals surface area contributed by atoms with Gasteiger partial charge in [0.05, 0.1) is 0 Å². The standard InChI is InChI=1S/C12H14BrClN2O2/c1-8(14)11(17)15-6-7-16-12(18)9-2-4-10(13)5-3-9/h2-5,8H,6-7H2,1H3,(H,15,17)(H,16,18). The highest BCUT2D eigenvalue weighted by molar-refractivity contribution is 9.10. The molecule has 0 aromatic heterocycles. The Morgan fingerprint density at radius 1 is 1.22 bits per heavy atom. The van der Waals surface area contributed by atoms with Gasteiger partial charge in [0.1, 0.15) is 5.38 Å². The molecule has 1 aromatic carbocycles.